The second-order valence-corrected chi connectivity index (χ2v) is 13.1. The van der Waals surface area contributed by atoms with Gasteiger partial charge >= 0.3 is 0 Å². The molecule has 0 saturated carbocycles. The number of hydrogen-bond acceptors (Lipinski definition) is 7. The van der Waals surface area contributed by atoms with E-state index >= 15 is 0 Å². The van der Waals surface area contributed by atoms with Crippen LogP contribution in [0, 0.1) is 0 Å². The summed E-state index contributed by atoms with van der Waals surface area (Å²) in [6.07, 6.45) is 0. The molecule has 0 spiro atoms. The first-order valence-electron chi connectivity index (χ1n) is 18.0. The average Bonchev–Trinajstić information content (AvgIpc) is 3.66. The van der Waals surface area contributed by atoms with Crippen LogP contribution in [0.25, 0.3) is 101 Å². The number of furan rings is 1. The van der Waals surface area contributed by atoms with E-state index in [0.29, 0.717) is 40.5 Å². The number of benzene rings is 7. The topological polar surface area (TPSA) is 90.5 Å². The SMILES string of the molecule is c1ccc(-c2nc(-c3ccccc3)nc(-c3ccc(-c4ccc5c(oc6ccccc65)c4-c4nc(-c5ccccc5)nc(-c5ccccc5)n4)cc3)n2)cc1. The van der Waals surface area contributed by atoms with Gasteiger partial charge in [-0.05, 0) is 23.3 Å². The predicted molar refractivity (Wildman–Crippen MR) is 219 cm³/mol. The predicted octanol–water partition coefficient (Wildman–Crippen LogP) is 11.6. The number of para-hydroxylation sites is 1. The van der Waals surface area contributed by atoms with Crippen LogP contribution in [-0.4, -0.2) is 29.9 Å². The fourth-order valence-electron chi connectivity index (χ4n) is 6.91. The van der Waals surface area contributed by atoms with E-state index in [2.05, 4.69) is 42.5 Å². The zero-order valence-electron chi connectivity index (χ0n) is 29.4. The molecule has 0 unspecified atom stereocenters. The van der Waals surface area contributed by atoms with Crippen molar-refractivity contribution in [2.24, 2.45) is 0 Å². The smallest absolute Gasteiger partial charge is 0.168 e. The van der Waals surface area contributed by atoms with Gasteiger partial charge in [-0.2, -0.15) is 0 Å². The Bertz CT molecular complexity index is 2840. The van der Waals surface area contributed by atoms with Crippen molar-refractivity contribution in [2.75, 3.05) is 0 Å². The van der Waals surface area contributed by atoms with Crippen LogP contribution < -0.4 is 0 Å². The summed E-state index contributed by atoms with van der Waals surface area (Å²) in [5.74, 6) is 3.50. The Morgan fingerprint density at radius 2 is 0.636 bits per heavy atom. The Labute approximate surface area is 316 Å². The first kappa shape index (κ1) is 32.0. The van der Waals surface area contributed by atoms with E-state index in [1.165, 1.54) is 0 Å². The molecule has 7 aromatic carbocycles. The molecule has 0 aliphatic heterocycles. The van der Waals surface area contributed by atoms with Gasteiger partial charge in [0, 0.05) is 38.6 Å². The number of rotatable bonds is 7. The van der Waals surface area contributed by atoms with Gasteiger partial charge in [-0.3, -0.25) is 0 Å². The maximum absolute atomic E-state index is 6.67. The molecular formula is C48H30N6O. The lowest BCUT2D eigenvalue weighted by molar-refractivity contribution is 0.669. The maximum Gasteiger partial charge on any atom is 0.168 e. The quantitative estimate of drug-likeness (QED) is 0.163. The van der Waals surface area contributed by atoms with Crippen LogP contribution in [0.5, 0.6) is 0 Å². The van der Waals surface area contributed by atoms with Crippen LogP contribution in [0.2, 0.25) is 0 Å². The summed E-state index contributed by atoms with van der Waals surface area (Å²) in [6, 6.07) is 60.6. The summed E-state index contributed by atoms with van der Waals surface area (Å²) in [5.41, 5.74) is 8.69. The molecule has 10 rings (SSSR count). The first-order chi connectivity index (χ1) is 27.2. The highest BCUT2D eigenvalue weighted by atomic mass is 16.3. The summed E-state index contributed by atoms with van der Waals surface area (Å²) in [6.45, 7) is 0. The monoisotopic (exact) mass is 706 g/mol. The number of nitrogens with zero attached hydrogens (tertiary/aromatic N) is 6. The highest BCUT2D eigenvalue weighted by Gasteiger charge is 2.22. The molecule has 7 heteroatoms. The van der Waals surface area contributed by atoms with E-state index < -0.39 is 0 Å². The van der Waals surface area contributed by atoms with Gasteiger partial charge in [-0.15, -0.1) is 0 Å². The van der Waals surface area contributed by atoms with E-state index in [-0.39, 0.29) is 0 Å². The van der Waals surface area contributed by atoms with Gasteiger partial charge in [0.05, 0.1) is 5.56 Å². The van der Waals surface area contributed by atoms with Crippen LogP contribution in [0.1, 0.15) is 0 Å². The van der Waals surface area contributed by atoms with E-state index in [1.807, 2.05) is 140 Å². The lowest BCUT2D eigenvalue weighted by Gasteiger charge is -2.13. The lowest BCUT2D eigenvalue weighted by Crippen LogP contribution is -2.01. The van der Waals surface area contributed by atoms with Gasteiger partial charge in [-0.25, -0.2) is 29.9 Å². The molecule has 3 heterocycles. The molecule has 10 aromatic rings. The van der Waals surface area contributed by atoms with Crippen molar-refractivity contribution < 1.29 is 4.42 Å². The zero-order valence-corrected chi connectivity index (χ0v) is 29.4. The minimum Gasteiger partial charge on any atom is -0.455 e. The molecule has 0 aliphatic rings. The van der Waals surface area contributed by atoms with Crippen LogP contribution in [0.3, 0.4) is 0 Å². The van der Waals surface area contributed by atoms with Gasteiger partial charge in [-0.1, -0.05) is 170 Å². The lowest BCUT2D eigenvalue weighted by atomic mass is 9.95. The van der Waals surface area contributed by atoms with Crippen LogP contribution in [-0.2, 0) is 0 Å². The van der Waals surface area contributed by atoms with Crippen molar-refractivity contribution in [3.05, 3.63) is 182 Å². The second kappa shape index (κ2) is 13.7. The highest BCUT2D eigenvalue weighted by Crippen LogP contribution is 2.42. The first-order valence-corrected chi connectivity index (χ1v) is 18.0. The zero-order chi connectivity index (χ0) is 36.6. The van der Waals surface area contributed by atoms with Crippen LogP contribution >= 0.6 is 0 Å². The third-order valence-corrected chi connectivity index (χ3v) is 9.62. The molecule has 0 aliphatic carbocycles. The van der Waals surface area contributed by atoms with Gasteiger partial charge in [0.25, 0.3) is 0 Å². The summed E-state index contributed by atoms with van der Waals surface area (Å²) < 4.78 is 6.67. The van der Waals surface area contributed by atoms with Crippen LogP contribution in [0.15, 0.2) is 186 Å². The Balaban J connectivity index is 1.16. The average molecular weight is 707 g/mol. The molecule has 0 amide bonds. The summed E-state index contributed by atoms with van der Waals surface area (Å²) >= 11 is 0. The van der Waals surface area contributed by atoms with Gasteiger partial charge in [0.1, 0.15) is 11.2 Å². The molecule has 0 atom stereocenters. The molecule has 3 aromatic heterocycles. The van der Waals surface area contributed by atoms with Gasteiger partial charge in [0.2, 0.25) is 0 Å². The number of aromatic nitrogens is 6. The van der Waals surface area contributed by atoms with Crippen LogP contribution in [0.4, 0.5) is 0 Å². The minimum absolute atomic E-state index is 0.522. The summed E-state index contributed by atoms with van der Waals surface area (Å²) in [4.78, 5) is 30.0. The van der Waals surface area contributed by atoms with E-state index in [1.54, 1.807) is 0 Å². The Hall–Kier alpha value is -7.64. The minimum atomic E-state index is 0.522. The molecule has 0 bridgehead atoms. The highest BCUT2D eigenvalue weighted by molar-refractivity contribution is 6.12. The van der Waals surface area contributed by atoms with Crippen molar-refractivity contribution in [2.45, 2.75) is 0 Å². The number of hydrogen-bond donors (Lipinski definition) is 0. The molecule has 258 valence electrons. The number of fused-ring (bicyclic) bond motifs is 3. The normalized spacial score (nSPS) is 11.3. The van der Waals surface area contributed by atoms with Crippen molar-refractivity contribution in [1.82, 2.24) is 29.9 Å². The molecule has 7 nitrogen and oxygen atoms in total. The second-order valence-electron chi connectivity index (χ2n) is 13.1. The largest absolute Gasteiger partial charge is 0.455 e. The Kier molecular flexibility index (Phi) is 8.00. The van der Waals surface area contributed by atoms with E-state index in [9.17, 15) is 0 Å². The standard InChI is InChI=1S/C48H30N6O/c1-5-15-32(16-6-1)43-49-44(33-17-7-2-8-18-33)51-47(50-43)36-27-25-31(26-28-36)37-29-30-39-38-23-13-14-24-40(38)55-42(39)41(37)48-53-45(34-19-9-3-10-20-34)52-46(54-48)35-21-11-4-12-22-35/h1-30H. The van der Waals surface area contributed by atoms with Crippen molar-refractivity contribution >= 4 is 21.9 Å². The maximum atomic E-state index is 6.67. The van der Waals surface area contributed by atoms with Gasteiger partial charge < -0.3 is 4.42 Å². The third-order valence-electron chi connectivity index (χ3n) is 9.62. The van der Waals surface area contributed by atoms with E-state index in [4.69, 9.17) is 34.3 Å². The Morgan fingerprint density at radius 1 is 0.273 bits per heavy atom. The molecule has 0 N–H and O–H groups in total. The fourth-order valence-corrected chi connectivity index (χ4v) is 6.91. The van der Waals surface area contributed by atoms with Crippen molar-refractivity contribution in [3.8, 4) is 79.5 Å². The fraction of sp³-hybridized carbons (Fsp3) is 0. The summed E-state index contributed by atoms with van der Waals surface area (Å²) in [5, 5.41) is 2.01. The molecule has 0 saturated heterocycles. The molecule has 0 fully saturated rings. The summed E-state index contributed by atoms with van der Waals surface area (Å²) in [7, 11) is 0. The molecule has 0 radical (unpaired) electrons. The van der Waals surface area contributed by atoms with Crippen molar-refractivity contribution in [1.29, 1.82) is 0 Å². The third kappa shape index (κ3) is 6.09. The van der Waals surface area contributed by atoms with E-state index in [0.717, 1.165) is 60.9 Å². The Morgan fingerprint density at radius 3 is 1.09 bits per heavy atom. The van der Waals surface area contributed by atoms with Crippen molar-refractivity contribution in [3.63, 3.8) is 0 Å². The molecular weight excluding hydrogens is 677 g/mol. The van der Waals surface area contributed by atoms with Gasteiger partial charge in [0.15, 0.2) is 34.9 Å². The molecule has 55 heavy (non-hydrogen) atoms.